The maximum absolute atomic E-state index is 13.2. The van der Waals surface area contributed by atoms with E-state index in [-0.39, 0.29) is 29.3 Å². The van der Waals surface area contributed by atoms with Gasteiger partial charge in [-0.05, 0) is 104 Å². The minimum atomic E-state index is -1.45. The summed E-state index contributed by atoms with van der Waals surface area (Å²) in [7, 11) is -1.45. The van der Waals surface area contributed by atoms with Crippen molar-refractivity contribution in [2.24, 2.45) is 17.8 Å². The molecule has 8 heteroatoms. The third kappa shape index (κ3) is 5.47. The highest BCUT2D eigenvalue weighted by Crippen LogP contribution is 2.47. The van der Waals surface area contributed by atoms with E-state index in [2.05, 4.69) is 28.7 Å². The second kappa shape index (κ2) is 11.1. The van der Waals surface area contributed by atoms with Gasteiger partial charge in [-0.25, -0.2) is 4.21 Å². The van der Waals surface area contributed by atoms with Crippen LogP contribution in [0.1, 0.15) is 73.4 Å². The molecule has 1 fully saturated rings. The number of aryl methyl sites for hydroxylation is 1. The first kappa shape index (κ1) is 27.1. The summed E-state index contributed by atoms with van der Waals surface area (Å²) < 4.78 is 22.0. The lowest BCUT2D eigenvalue weighted by Crippen LogP contribution is -2.49. The van der Waals surface area contributed by atoms with Gasteiger partial charge in [-0.1, -0.05) is 31.0 Å². The zero-order valence-corrected chi connectivity index (χ0v) is 24.2. The van der Waals surface area contributed by atoms with Gasteiger partial charge in [0, 0.05) is 34.8 Å². The third-order valence-corrected chi connectivity index (χ3v) is 11.1. The van der Waals surface area contributed by atoms with E-state index in [4.69, 9.17) is 16.3 Å². The Morgan fingerprint density at radius 1 is 1.13 bits per heavy atom. The smallest absolute Gasteiger partial charge is 0.263 e. The molecule has 1 saturated carbocycles. The monoisotopic (exact) mass is 570 g/mol. The van der Waals surface area contributed by atoms with Gasteiger partial charge in [0.15, 0.2) is 0 Å². The standard InChI is InChI=1S/C31H39ClN2O4S/c1-20-4-2-6-28(35)25-10-7-23(25)16-34-18-31(13-3-5-21-14-24(32)9-11-26(21)31)19-38-29-12-8-22(15-27(29)34)30(36)33-39(37)17-20/h8-9,11-12,14-15,20,23,25,28,35H,2-7,10,13,16-19H2,1H3,(H,33,36)/t20-,23?,25?,28?,31?,39?/m1/s1. The van der Waals surface area contributed by atoms with Crippen LogP contribution in [0, 0.1) is 17.8 Å². The molecular formula is C31H39ClN2O4S. The average molecular weight is 571 g/mol. The Balaban J connectivity index is 1.39. The van der Waals surface area contributed by atoms with Crippen molar-refractivity contribution in [1.82, 2.24) is 4.72 Å². The van der Waals surface area contributed by atoms with Crippen molar-refractivity contribution in [3.8, 4) is 5.75 Å². The van der Waals surface area contributed by atoms with E-state index in [0.717, 1.165) is 80.9 Å². The summed E-state index contributed by atoms with van der Waals surface area (Å²) in [4.78, 5) is 15.6. The molecule has 0 radical (unpaired) electrons. The van der Waals surface area contributed by atoms with Crippen LogP contribution in [-0.2, 0) is 22.8 Å². The van der Waals surface area contributed by atoms with E-state index in [9.17, 15) is 14.1 Å². The lowest BCUT2D eigenvalue weighted by atomic mass is 9.68. The Morgan fingerprint density at radius 3 is 2.82 bits per heavy atom. The van der Waals surface area contributed by atoms with E-state index in [1.54, 1.807) is 6.07 Å². The predicted octanol–water partition coefficient (Wildman–Crippen LogP) is 5.41. The third-order valence-electron chi connectivity index (χ3n) is 9.56. The zero-order valence-electron chi connectivity index (χ0n) is 22.7. The zero-order chi connectivity index (χ0) is 27.1. The molecule has 2 N–H and O–H groups in total. The summed E-state index contributed by atoms with van der Waals surface area (Å²) >= 11 is 6.39. The molecule has 6 nitrogen and oxygen atoms in total. The van der Waals surface area contributed by atoms with Gasteiger partial charge < -0.3 is 14.7 Å². The molecule has 0 saturated heterocycles. The Hall–Kier alpha value is -2.09. The number of halogens is 1. The number of fused-ring (bicyclic) bond motifs is 4. The fraction of sp³-hybridized carbons (Fsp3) is 0.581. The van der Waals surface area contributed by atoms with E-state index in [0.29, 0.717) is 23.8 Å². The fourth-order valence-electron chi connectivity index (χ4n) is 7.30. The number of anilines is 1. The predicted molar refractivity (Wildman–Crippen MR) is 156 cm³/mol. The molecule has 1 spiro atoms. The van der Waals surface area contributed by atoms with Gasteiger partial charge in [-0.3, -0.25) is 9.52 Å². The van der Waals surface area contributed by atoms with E-state index in [1.165, 1.54) is 11.1 Å². The summed E-state index contributed by atoms with van der Waals surface area (Å²) in [5.74, 6) is 1.77. The van der Waals surface area contributed by atoms with Crippen molar-refractivity contribution >= 4 is 34.2 Å². The SMILES string of the molecule is C[C@@H]1CCCC(O)C2CCC2CN2CC3(CCCc4cc(Cl)ccc43)COc3ccc(cc32)C(=O)NS(=O)C1. The number of aliphatic hydroxyl groups excluding tert-OH is 1. The highest BCUT2D eigenvalue weighted by Gasteiger charge is 2.44. The number of carbonyl (C=O) groups is 1. The number of aliphatic hydroxyl groups is 1. The molecule has 2 aliphatic carbocycles. The Labute approximate surface area is 239 Å². The van der Waals surface area contributed by atoms with Crippen LogP contribution in [0.5, 0.6) is 5.75 Å². The molecule has 4 aliphatic rings. The molecule has 2 aliphatic heterocycles. The van der Waals surface area contributed by atoms with Gasteiger partial charge in [-0.2, -0.15) is 0 Å². The lowest BCUT2D eigenvalue weighted by molar-refractivity contribution is 0.00868. The first-order chi connectivity index (χ1) is 18.8. The number of hydrogen-bond donors (Lipinski definition) is 2. The fourth-order valence-corrected chi connectivity index (χ4v) is 8.59. The summed E-state index contributed by atoms with van der Waals surface area (Å²) in [6, 6.07) is 11.8. The molecule has 2 aromatic carbocycles. The van der Waals surface area contributed by atoms with Crippen LogP contribution in [-0.4, -0.2) is 46.8 Å². The number of nitrogens with zero attached hydrogens (tertiary/aromatic N) is 1. The summed E-state index contributed by atoms with van der Waals surface area (Å²) in [6.45, 7) is 4.23. The first-order valence-electron chi connectivity index (χ1n) is 14.5. The molecule has 5 unspecified atom stereocenters. The lowest BCUT2D eigenvalue weighted by Gasteiger charge is -2.45. The molecule has 2 aromatic rings. The van der Waals surface area contributed by atoms with Gasteiger partial charge in [0.2, 0.25) is 0 Å². The van der Waals surface area contributed by atoms with Crippen molar-refractivity contribution in [3.05, 3.63) is 58.1 Å². The molecule has 2 heterocycles. The van der Waals surface area contributed by atoms with Crippen LogP contribution in [0.25, 0.3) is 0 Å². The number of carbonyl (C=O) groups excluding carboxylic acids is 1. The second-order valence-corrected chi connectivity index (χ2v) is 14.0. The second-order valence-electron chi connectivity index (χ2n) is 12.3. The Bertz CT molecular complexity index is 1270. The molecule has 210 valence electrons. The first-order valence-corrected chi connectivity index (χ1v) is 16.2. The molecule has 1 amide bonds. The van der Waals surface area contributed by atoms with Crippen molar-refractivity contribution < 1.29 is 18.8 Å². The number of hydrogen-bond acceptors (Lipinski definition) is 5. The molecule has 0 aromatic heterocycles. The normalized spacial score (nSPS) is 33.2. The van der Waals surface area contributed by atoms with E-state index >= 15 is 0 Å². The number of amides is 1. The molecular weight excluding hydrogens is 532 g/mol. The van der Waals surface area contributed by atoms with Gasteiger partial charge >= 0.3 is 0 Å². The number of nitrogens with one attached hydrogen (secondary N) is 1. The minimum absolute atomic E-state index is 0.185. The van der Waals surface area contributed by atoms with Crippen LogP contribution >= 0.6 is 11.6 Å². The largest absolute Gasteiger partial charge is 0.490 e. The van der Waals surface area contributed by atoms with Gasteiger partial charge in [-0.15, -0.1) is 0 Å². The summed E-state index contributed by atoms with van der Waals surface area (Å²) in [5.41, 5.74) is 3.83. The van der Waals surface area contributed by atoms with E-state index < -0.39 is 11.0 Å². The molecule has 39 heavy (non-hydrogen) atoms. The summed E-state index contributed by atoms with van der Waals surface area (Å²) in [6.07, 6.45) is 7.52. The van der Waals surface area contributed by atoms with Crippen molar-refractivity contribution in [2.75, 3.05) is 30.3 Å². The maximum atomic E-state index is 13.2. The average Bonchev–Trinajstić information content (AvgIpc) is 3.03. The van der Waals surface area contributed by atoms with E-state index in [1.807, 2.05) is 18.2 Å². The summed E-state index contributed by atoms with van der Waals surface area (Å²) in [5, 5.41) is 11.9. The van der Waals surface area contributed by atoms with Crippen molar-refractivity contribution in [3.63, 3.8) is 0 Å². The highest BCUT2D eigenvalue weighted by atomic mass is 35.5. The molecule has 2 bridgehead atoms. The Kier molecular flexibility index (Phi) is 7.68. The number of ether oxygens (including phenoxy) is 1. The molecule has 6 rings (SSSR count). The van der Waals surface area contributed by atoms with Crippen molar-refractivity contribution in [2.45, 2.75) is 69.8 Å². The Morgan fingerprint density at radius 2 is 2.00 bits per heavy atom. The molecule has 6 atom stereocenters. The number of benzene rings is 2. The number of rotatable bonds is 0. The minimum Gasteiger partial charge on any atom is -0.490 e. The van der Waals surface area contributed by atoms with Crippen LogP contribution < -0.4 is 14.4 Å². The highest BCUT2D eigenvalue weighted by molar-refractivity contribution is 7.83. The van der Waals surface area contributed by atoms with Crippen LogP contribution in [0.15, 0.2) is 36.4 Å². The van der Waals surface area contributed by atoms with Crippen LogP contribution in [0.3, 0.4) is 0 Å². The topological polar surface area (TPSA) is 78.9 Å². The van der Waals surface area contributed by atoms with Crippen LogP contribution in [0.2, 0.25) is 5.02 Å². The van der Waals surface area contributed by atoms with Gasteiger partial charge in [0.05, 0.1) is 18.4 Å². The van der Waals surface area contributed by atoms with Gasteiger partial charge in [0.25, 0.3) is 5.91 Å². The van der Waals surface area contributed by atoms with Gasteiger partial charge in [0.1, 0.15) is 16.7 Å². The van der Waals surface area contributed by atoms with Crippen LogP contribution in [0.4, 0.5) is 5.69 Å². The van der Waals surface area contributed by atoms with Crippen molar-refractivity contribution in [1.29, 1.82) is 0 Å². The quantitative estimate of drug-likeness (QED) is 0.442. The maximum Gasteiger partial charge on any atom is 0.263 e.